The van der Waals surface area contributed by atoms with Gasteiger partial charge in [-0.15, -0.1) is 0 Å². The molecule has 2 N–H and O–H groups in total. The van der Waals surface area contributed by atoms with Gasteiger partial charge in [0.2, 0.25) is 0 Å². The van der Waals surface area contributed by atoms with Crippen molar-refractivity contribution in [3.05, 3.63) is 65.2 Å². The van der Waals surface area contributed by atoms with Crippen molar-refractivity contribution < 1.29 is 19.4 Å². The summed E-state index contributed by atoms with van der Waals surface area (Å²) in [5, 5.41) is 10.3. The first-order valence-electron chi connectivity index (χ1n) is 12.5. The van der Waals surface area contributed by atoms with Crippen molar-refractivity contribution >= 4 is 34.4 Å². The lowest BCUT2D eigenvalue weighted by Crippen LogP contribution is -2.36. The lowest BCUT2D eigenvalue weighted by Gasteiger charge is -2.28. The number of carboxylic acids is 1. The van der Waals surface area contributed by atoms with Crippen LogP contribution < -0.4 is 9.64 Å². The van der Waals surface area contributed by atoms with Crippen molar-refractivity contribution in [1.82, 2.24) is 15.0 Å². The Bertz CT molecular complexity index is 1420. The minimum Gasteiger partial charge on any atom is -0.481 e. The number of H-pyrrole nitrogens is 1. The Labute approximate surface area is 219 Å². The molecule has 0 spiro atoms. The molecule has 37 heavy (non-hydrogen) atoms. The van der Waals surface area contributed by atoms with Crippen molar-refractivity contribution in [2.75, 3.05) is 31.2 Å². The number of aliphatic carboxylic acids is 1. The van der Waals surface area contributed by atoms with Crippen LogP contribution in [0.3, 0.4) is 0 Å². The fourth-order valence-electron chi connectivity index (χ4n) is 5.36. The smallest absolute Gasteiger partial charge is 0.314 e. The minimum atomic E-state index is -0.796. The quantitative estimate of drug-likeness (QED) is 0.332. The second-order valence-corrected chi connectivity index (χ2v) is 10.0. The predicted molar refractivity (Wildman–Crippen MR) is 142 cm³/mol. The number of carbonyl (C=O) groups is 1. The van der Waals surface area contributed by atoms with Crippen molar-refractivity contribution in [2.24, 2.45) is 0 Å². The molecule has 1 aliphatic carbocycles. The second-order valence-electron chi connectivity index (χ2n) is 9.60. The Hall–Kier alpha value is -3.62. The summed E-state index contributed by atoms with van der Waals surface area (Å²) in [7, 11) is 0. The molecule has 0 amide bonds. The molecule has 2 fully saturated rings. The van der Waals surface area contributed by atoms with Crippen LogP contribution >= 0.6 is 11.6 Å². The van der Waals surface area contributed by atoms with Gasteiger partial charge in [-0.1, -0.05) is 48.7 Å². The highest BCUT2D eigenvalue weighted by Gasteiger charge is 2.42. The fraction of sp³-hybridized carbons (Fsp3) is 0.321. The van der Waals surface area contributed by atoms with Gasteiger partial charge in [0.25, 0.3) is 0 Å². The molecule has 0 unspecified atom stereocenters. The molecular formula is C28H27ClN4O4. The maximum absolute atomic E-state index is 12.0. The number of aromatic nitrogens is 3. The van der Waals surface area contributed by atoms with E-state index >= 15 is 0 Å². The molecule has 1 aliphatic heterocycles. The summed E-state index contributed by atoms with van der Waals surface area (Å²) in [6.45, 7) is 3.23. The van der Waals surface area contributed by atoms with Gasteiger partial charge in [-0.25, -0.2) is 4.98 Å². The van der Waals surface area contributed by atoms with Gasteiger partial charge >= 0.3 is 12.0 Å². The number of fused-ring (bicyclic) bond motifs is 1. The normalized spacial score (nSPS) is 17.3. The third-order valence-electron chi connectivity index (χ3n) is 7.41. The van der Waals surface area contributed by atoms with Crippen LogP contribution in [-0.4, -0.2) is 52.3 Å². The summed E-state index contributed by atoms with van der Waals surface area (Å²) in [4.78, 5) is 26.6. The number of halogens is 1. The number of pyridine rings is 1. The number of hydrogen-bond donors (Lipinski definition) is 2. The van der Waals surface area contributed by atoms with E-state index in [9.17, 15) is 9.90 Å². The molecule has 3 heterocycles. The van der Waals surface area contributed by atoms with E-state index in [0.717, 1.165) is 56.0 Å². The number of rotatable bonds is 6. The molecule has 0 bridgehead atoms. The average molecular weight is 519 g/mol. The largest absolute Gasteiger partial charge is 0.481 e. The molecule has 2 aliphatic rings. The van der Waals surface area contributed by atoms with E-state index in [2.05, 4.69) is 27.0 Å². The summed E-state index contributed by atoms with van der Waals surface area (Å²) in [6, 6.07) is 17.5. The molecule has 0 radical (unpaired) electrons. The number of ether oxygens (including phenoxy) is 2. The number of imidazole rings is 1. The standard InChI is InChI=1S/C28H27ClN4O4/c29-22-17-23-25(31-24(22)18-3-7-20(8-4-18)33-13-15-36-16-14-33)32-27(30-23)37-21-9-5-19(6-10-21)28(26(34)35)11-1-2-12-28/h3-10,17H,1-2,11-16H2,(H,34,35)(H,30,31,32). The predicted octanol–water partition coefficient (Wildman–Crippen LogP) is 5.80. The average Bonchev–Trinajstić information content (AvgIpc) is 3.57. The molecule has 2 aromatic carbocycles. The van der Waals surface area contributed by atoms with Gasteiger partial charge in [-0.2, -0.15) is 4.98 Å². The molecule has 1 saturated heterocycles. The van der Waals surface area contributed by atoms with E-state index in [0.29, 0.717) is 46.5 Å². The van der Waals surface area contributed by atoms with Crippen LogP contribution in [0.5, 0.6) is 11.8 Å². The van der Waals surface area contributed by atoms with Gasteiger partial charge in [0.1, 0.15) is 5.75 Å². The number of nitrogens with zero attached hydrogens (tertiary/aromatic N) is 3. The van der Waals surface area contributed by atoms with E-state index in [4.69, 9.17) is 26.1 Å². The van der Waals surface area contributed by atoms with Gasteiger partial charge in [0.05, 0.1) is 34.9 Å². The summed E-state index contributed by atoms with van der Waals surface area (Å²) >= 11 is 6.59. The van der Waals surface area contributed by atoms with Crippen molar-refractivity contribution in [1.29, 1.82) is 0 Å². The number of hydrogen-bond acceptors (Lipinski definition) is 6. The van der Waals surface area contributed by atoms with Gasteiger partial charge in [0.15, 0.2) is 5.65 Å². The Morgan fingerprint density at radius 2 is 1.73 bits per heavy atom. The lowest BCUT2D eigenvalue weighted by molar-refractivity contribution is -0.143. The summed E-state index contributed by atoms with van der Waals surface area (Å²) in [6.07, 6.45) is 3.19. The third kappa shape index (κ3) is 4.51. The minimum absolute atomic E-state index is 0.292. The van der Waals surface area contributed by atoms with Crippen LogP contribution in [0.25, 0.3) is 22.4 Å². The first kappa shape index (κ1) is 23.8. The second kappa shape index (κ2) is 9.68. The van der Waals surface area contributed by atoms with Crippen LogP contribution in [0.15, 0.2) is 54.6 Å². The molecule has 0 atom stereocenters. The maximum atomic E-state index is 12.0. The topological polar surface area (TPSA) is 101 Å². The van der Waals surface area contributed by atoms with Crippen LogP contribution in [-0.2, 0) is 14.9 Å². The number of nitrogens with one attached hydrogen (secondary N) is 1. The number of aromatic amines is 1. The SMILES string of the molecule is O=C(O)C1(c2ccc(Oc3nc4nc(-c5ccc(N6CCOCC6)cc5)c(Cl)cc4[nH]3)cc2)CCCC1. The lowest BCUT2D eigenvalue weighted by atomic mass is 9.79. The molecular weight excluding hydrogens is 492 g/mol. The van der Waals surface area contributed by atoms with Gasteiger partial charge in [0, 0.05) is 24.3 Å². The Balaban J connectivity index is 1.21. The van der Waals surface area contributed by atoms with Crippen molar-refractivity contribution in [2.45, 2.75) is 31.1 Å². The molecule has 9 heteroatoms. The highest BCUT2D eigenvalue weighted by Crippen LogP contribution is 2.42. The molecule has 6 rings (SSSR count). The summed E-state index contributed by atoms with van der Waals surface area (Å²) in [5.41, 5.74) is 3.89. The van der Waals surface area contributed by atoms with Crippen LogP contribution in [0.4, 0.5) is 5.69 Å². The van der Waals surface area contributed by atoms with E-state index in [1.165, 1.54) is 0 Å². The molecule has 190 valence electrons. The monoisotopic (exact) mass is 518 g/mol. The number of benzene rings is 2. The molecule has 8 nitrogen and oxygen atoms in total. The summed E-state index contributed by atoms with van der Waals surface area (Å²) < 4.78 is 11.4. The highest BCUT2D eigenvalue weighted by atomic mass is 35.5. The zero-order chi connectivity index (χ0) is 25.4. The van der Waals surface area contributed by atoms with Gasteiger partial charge < -0.3 is 24.5 Å². The molecule has 2 aromatic heterocycles. The van der Waals surface area contributed by atoms with Gasteiger partial charge in [-0.3, -0.25) is 4.79 Å². The summed E-state index contributed by atoms with van der Waals surface area (Å²) in [5.74, 6) is -0.197. The Morgan fingerprint density at radius 1 is 1.03 bits per heavy atom. The zero-order valence-corrected chi connectivity index (χ0v) is 21.0. The molecule has 1 saturated carbocycles. The van der Waals surface area contributed by atoms with E-state index in [-0.39, 0.29) is 0 Å². The maximum Gasteiger partial charge on any atom is 0.314 e. The zero-order valence-electron chi connectivity index (χ0n) is 20.2. The highest BCUT2D eigenvalue weighted by molar-refractivity contribution is 6.33. The van der Waals surface area contributed by atoms with Gasteiger partial charge in [-0.05, 0) is 48.7 Å². The van der Waals surface area contributed by atoms with Crippen LogP contribution in [0, 0.1) is 0 Å². The molecule has 4 aromatic rings. The van der Waals surface area contributed by atoms with E-state index in [1.54, 1.807) is 18.2 Å². The Morgan fingerprint density at radius 3 is 2.41 bits per heavy atom. The van der Waals surface area contributed by atoms with Crippen molar-refractivity contribution in [3.63, 3.8) is 0 Å². The first-order valence-corrected chi connectivity index (χ1v) is 12.9. The first-order chi connectivity index (χ1) is 18.0. The van der Waals surface area contributed by atoms with E-state index < -0.39 is 11.4 Å². The van der Waals surface area contributed by atoms with Crippen LogP contribution in [0.1, 0.15) is 31.2 Å². The van der Waals surface area contributed by atoms with Crippen molar-refractivity contribution in [3.8, 4) is 23.0 Å². The Kier molecular flexibility index (Phi) is 6.22. The number of anilines is 1. The number of morpholine rings is 1. The number of carboxylic acid groups (broad SMARTS) is 1. The fourth-order valence-corrected chi connectivity index (χ4v) is 5.62. The van der Waals surface area contributed by atoms with Crippen LogP contribution in [0.2, 0.25) is 5.02 Å². The van der Waals surface area contributed by atoms with E-state index in [1.807, 2.05) is 24.3 Å². The third-order valence-corrected chi connectivity index (χ3v) is 7.70.